The quantitative estimate of drug-likeness (QED) is 0.730. The summed E-state index contributed by atoms with van der Waals surface area (Å²) in [7, 11) is 0. The fraction of sp³-hybridized carbons (Fsp3) is 0.300. The highest BCUT2D eigenvalue weighted by Gasteiger charge is 2.10. The Labute approximate surface area is 77.3 Å². The molecule has 1 heterocycles. The minimum Gasteiger partial charge on any atom is -0.392 e. The normalized spacial score (nSPS) is 15.3. The summed E-state index contributed by atoms with van der Waals surface area (Å²) in [6.45, 7) is 1.84. The van der Waals surface area contributed by atoms with Gasteiger partial charge in [-0.25, -0.2) is 0 Å². The molecule has 0 saturated carbocycles. The fourth-order valence-electron chi connectivity index (χ4n) is 1.49. The zero-order valence-corrected chi connectivity index (χ0v) is 7.35. The van der Waals surface area contributed by atoms with E-state index in [2.05, 4.69) is 9.89 Å². The third-order valence-electron chi connectivity index (χ3n) is 2.16. The molecule has 0 amide bonds. The standard InChI is InChI=1S/C10H12N2O/c13-7-9-3-1-2-4-10(9)12-6-5-11-8-12/h1-4,8,13H,5-7H2. The highest BCUT2D eigenvalue weighted by Crippen LogP contribution is 2.20. The summed E-state index contributed by atoms with van der Waals surface area (Å²) in [5.74, 6) is 0. The summed E-state index contributed by atoms with van der Waals surface area (Å²) in [5.41, 5.74) is 2.02. The summed E-state index contributed by atoms with van der Waals surface area (Å²) in [6, 6.07) is 7.84. The van der Waals surface area contributed by atoms with Crippen LogP contribution in [0.1, 0.15) is 5.56 Å². The first kappa shape index (κ1) is 8.26. The maximum atomic E-state index is 9.11. The van der Waals surface area contributed by atoms with Crippen molar-refractivity contribution < 1.29 is 5.11 Å². The summed E-state index contributed by atoms with van der Waals surface area (Å²) in [4.78, 5) is 6.20. The lowest BCUT2D eigenvalue weighted by Gasteiger charge is -2.16. The zero-order valence-electron chi connectivity index (χ0n) is 7.35. The molecular formula is C10H12N2O. The van der Waals surface area contributed by atoms with E-state index in [1.165, 1.54) is 0 Å². The van der Waals surface area contributed by atoms with Gasteiger partial charge in [0.1, 0.15) is 0 Å². The molecule has 13 heavy (non-hydrogen) atoms. The van der Waals surface area contributed by atoms with E-state index < -0.39 is 0 Å². The number of anilines is 1. The number of rotatable bonds is 2. The Bertz CT molecular complexity index is 322. The molecule has 68 valence electrons. The van der Waals surface area contributed by atoms with Gasteiger partial charge in [0.05, 0.1) is 19.5 Å². The molecule has 0 unspecified atom stereocenters. The molecule has 0 radical (unpaired) electrons. The SMILES string of the molecule is OCc1ccccc1N1C=NCC1. The molecule has 3 nitrogen and oxygen atoms in total. The first-order valence-corrected chi connectivity index (χ1v) is 4.37. The maximum absolute atomic E-state index is 9.11. The Morgan fingerprint density at radius 3 is 2.92 bits per heavy atom. The van der Waals surface area contributed by atoms with E-state index >= 15 is 0 Å². The molecule has 2 rings (SSSR count). The first-order chi connectivity index (χ1) is 6.42. The summed E-state index contributed by atoms with van der Waals surface area (Å²) >= 11 is 0. The number of aliphatic hydroxyl groups excluding tert-OH is 1. The molecule has 1 aliphatic rings. The molecule has 0 bridgehead atoms. The predicted molar refractivity (Wildman–Crippen MR) is 53.1 cm³/mol. The third-order valence-corrected chi connectivity index (χ3v) is 2.16. The van der Waals surface area contributed by atoms with Gasteiger partial charge in [0.15, 0.2) is 0 Å². The van der Waals surface area contributed by atoms with E-state index in [0.717, 1.165) is 24.3 Å². The van der Waals surface area contributed by atoms with Crippen molar-refractivity contribution in [3.8, 4) is 0 Å². The van der Waals surface area contributed by atoms with Crippen LogP contribution >= 0.6 is 0 Å². The van der Waals surface area contributed by atoms with Crippen LogP contribution < -0.4 is 4.90 Å². The molecule has 1 aromatic rings. The van der Waals surface area contributed by atoms with E-state index in [1.54, 1.807) is 0 Å². The maximum Gasteiger partial charge on any atom is 0.0895 e. The molecular weight excluding hydrogens is 164 g/mol. The number of para-hydroxylation sites is 1. The molecule has 0 saturated heterocycles. The average Bonchev–Trinajstić information content (AvgIpc) is 2.70. The molecule has 0 atom stereocenters. The largest absolute Gasteiger partial charge is 0.392 e. The van der Waals surface area contributed by atoms with Gasteiger partial charge in [-0.15, -0.1) is 0 Å². The van der Waals surface area contributed by atoms with Crippen molar-refractivity contribution in [3.63, 3.8) is 0 Å². The lowest BCUT2D eigenvalue weighted by molar-refractivity contribution is 0.282. The Morgan fingerprint density at radius 1 is 1.38 bits per heavy atom. The molecule has 1 N–H and O–H groups in total. The van der Waals surface area contributed by atoms with Crippen LogP contribution in [0.4, 0.5) is 5.69 Å². The lowest BCUT2D eigenvalue weighted by Crippen LogP contribution is -2.19. The smallest absolute Gasteiger partial charge is 0.0895 e. The van der Waals surface area contributed by atoms with Gasteiger partial charge in [-0.1, -0.05) is 18.2 Å². The van der Waals surface area contributed by atoms with Gasteiger partial charge < -0.3 is 10.0 Å². The number of hydrogen-bond acceptors (Lipinski definition) is 3. The highest BCUT2D eigenvalue weighted by atomic mass is 16.3. The van der Waals surface area contributed by atoms with Crippen molar-refractivity contribution in [1.29, 1.82) is 0 Å². The van der Waals surface area contributed by atoms with Crippen molar-refractivity contribution >= 4 is 12.0 Å². The molecule has 0 spiro atoms. The number of benzene rings is 1. The minimum atomic E-state index is 0.0838. The molecule has 0 aromatic heterocycles. The molecule has 1 aliphatic heterocycles. The van der Waals surface area contributed by atoms with Crippen molar-refractivity contribution in [2.45, 2.75) is 6.61 Å². The van der Waals surface area contributed by atoms with E-state index in [-0.39, 0.29) is 6.61 Å². The summed E-state index contributed by atoms with van der Waals surface area (Å²) < 4.78 is 0. The van der Waals surface area contributed by atoms with Gasteiger partial charge in [0.25, 0.3) is 0 Å². The van der Waals surface area contributed by atoms with E-state index in [9.17, 15) is 0 Å². The van der Waals surface area contributed by atoms with Crippen molar-refractivity contribution in [3.05, 3.63) is 29.8 Å². The monoisotopic (exact) mass is 176 g/mol. The van der Waals surface area contributed by atoms with Gasteiger partial charge in [-0.2, -0.15) is 0 Å². The van der Waals surface area contributed by atoms with Crippen LogP contribution in [0.15, 0.2) is 29.3 Å². The van der Waals surface area contributed by atoms with Crippen molar-refractivity contribution in [2.75, 3.05) is 18.0 Å². The second kappa shape index (κ2) is 3.58. The van der Waals surface area contributed by atoms with Crippen LogP contribution in [-0.4, -0.2) is 24.5 Å². The molecule has 1 aromatic carbocycles. The Morgan fingerprint density at radius 2 is 2.23 bits per heavy atom. The number of hydrogen-bond donors (Lipinski definition) is 1. The average molecular weight is 176 g/mol. The van der Waals surface area contributed by atoms with Crippen LogP contribution in [0, 0.1) is 0 Å². The van der Waals surface area contributed by atoms with E-state index in [0.29, 0.717) is 0 Å². The lowest BCUT2D eigenvalue weighted by atomic mass is 10.2. The predicted octanol–water partition coefficient (Wildman–Crippen LogP) is 1.03. The fourth-order valence-corrected chi connectivity index (χ4v) is 1.49. The van der Waals surface area contributed by atoms with Gasteiger partial charge in [0, 0.05) is 17.8 Å². The van der Waals surface area contributed by atoms with Crippen molar-refractivity contribution in [2.24, 2.45) is 4.99 Å². The molecule has 0 fully saturated rings. The Kier molecular flexibility index (Phi) is 2.27. The number of aliphatic imine (C=N–C) groups is 1. The third kappa shape index (κ3) is 1.55. The zero-order chi connectivity index (χ0) is 9.10. The van der Waals surface area contributed by atoms with Gasteiger partial charge in [0.2, 0.25) is 0 Å². The van der Waals surface area contributed by atoms with Gasteiger partial charge in [-0.3, -0.25) is 4.99 Å². The second-order valence-corrected chi connectivity index (χ2v) is 3.00. The topological polar surface area (TPSA) is 35.8 Å². The van der Waals surface area contributed by atoms with Gasteiger partial charge >= 0.3 is 0 Å². The highest BCUT2D eigenvalue weighted by molar-refractivity contribution is 5.82. The van der Waals surface area contributed by atoms with E-state index in [4.69, 9.17) is 5.11 Å². The first-order valence-electron chi connectivity index (χ1n) is 4.37. The summed E-state index contributed by atoms with van der Waals surface area (Å²) in [5, 5.41) is 9.11. The Balaban J connectivity index is 2.32. The second-order valence-electron chi connectivity index (χ2n) is 3.00. The minimum absolute atomic E-state index is 0.0838. The van der Waals surface area contributed by atoms with Crippen LogP contribution in [-0.2, 0) is 6.61 Å². The number of nitrogens with zero attached hydrogens (tertiary/aromatic N) is 2. The van der Waals surface area contributed by atoms with Gasteiger partial charge in [-0.05, 0) is 6.07 Å². The van der Waals surface area contributed by atoms with Crippen LogP contribution in [0.3, 0.4) is 0 Å². The summed E-state index contributed by atoms with van der Waals surface area (Å²) in [6.07, 6.45) is 1.83. The Hall–Kier alpha value is -1.35. The number of aliphatic hydroxyl groups is 1. The van der Waals surface area contributed by atoms with Crippen molar-refractivity contribution in [1.82, 2.24) is 0 Å². The van der Waals surface area contributed by atoms with E-state index in [1.807, 2.05) is 30.6 Å². The van der Waals surface area contributed by atoms with Crippen LogP contribution in [0.2, 0.25) is 0 Å². The van der Waals surface area contributed by atoms with Crippen LogP contribution in [0.5, 0.6) is 0 Å². The van der Waals surface area contributed by atoms with Crippen LogP contribution in [0.25, 0.3) is 0 Å². The molecule has 3 heteroatoms. The molecule has 0 aliphatic carbocycles.